The molecule has 0 fully saturated rings. The first kappa shape index (κ1) is 14.0. The van der Waals surface area contributed by atoms with E-state index in [1.54, 1.807) is 0 Å². The standard InChI is InChI=1S/C12H18BrN3O/c1-8(13)7-14-12(17)6-5-11-9(2)15-16(4)10(11)3/h1,5-7H2,2-4H3,(H,14,17). The monoisotopic (exact) mass is 299 g/mol. The molecule has 0 aromatic carbocycles. The average molecular weight is 300 g/mol. The molecule has 1 N–H and O–H groups in total. The first-order valence-corrected chi connectivity index (χ1v) is 6.30. The molecule has 1 rings (SSSR count). The van der Waals surface area contributed by atoms with Crippen LogP contribution >= 0.6 is 15.9 Å². The Labute approximate surface area is 110 Å². The third-order valence-corrected chi connectivity index (χ3v) is 3.02. The first-order valence-electron chi connectivity index (χ1n) is 5.51. The minimum Gasteiger partial charge on any atom is -0.352 e. The van der Waals surface area contributed by atoms with Crippen LogP contribution in [-0.4, -0.2) is 22.2 Å². The normalized spacial score (nSPS) is 10.4. The highest BCUT2D eigenvalue weighted by Gasteiger charge is 2.10. The van der Waals surface area contributed by atoms with Gasteiger partial charge in [0, 0.05) is 30.2 Å². The fourth-order valence-electron chi connectivity index (χ4n) is 1.70. The molecular weight excluding hydrogens is 282 g/mol. The second-order valence-electron chi connectivity index (χ2n) is 4.07. The molecule has 5 heteroatoms. The van der Waals surface area contributed by atoms with Crippen molar-refractivity contribution in [2.45, 2.75) is 26.7 Å². The van der Waals surface area contributed by atoms with Gasteiger partial charge in [-0.25, -0.2) is 0 Å². The molecule has 0 unspecified atom stereocenters. The van der Waals surface area contributed by atoms with Crippen LogP contribution in [-0.2, 0) is 18.3 Å². The molecule has 17 heavy (non-hydrogen) atoms. The summed E-state index contributed by atoms with van der Waals surface area (Å²) in [4.78, 5) is 11.5. The minimum absolute atomic E-state index is 0.0354. The molecule has 0 spiro atoms. The zero-order valence-electron chi connectivity index (χ0n) is 10.5. The Bertz CT molecular complexity index is 437. The zero-order chi connectivity index (χ0) is 13.0. The molecule has 1 aromatic heterocycles. The van der Waals surface area contributed by atoms with Crippen molar-refractivity contribution in [3.63, 3.8) is 0 Å². The number of aromatic nitrogens is 2. The Morgan fingerprint density at radius 2 is 2.18 bits per heavy atom. The van der Waals surface area contributed by atoms with E-state index in [4.69, 9.17) is 0 Å². The number of halogens is 1. The SMILES string of the molecule is C=C(Br)CNC(=O)CCc1c(C)nn(C)c1C. The van der Waals surface area contributed by atoms with Gasteiger partial charge in [0.25, 0.3) is 0 Å². The highest BCUT2D eigenvalue weighted by Crippen LogP contribution is 2.13. The lowest BCUT2D eigenvalue weighted by Gasteiger charge is -2.04. The van der Waals surface area contributed by atoms with Crippen molar-refractivity contribution in [2.24, 2.45) is 7.05 Å². The Hall–Kier alpha value is -1.10. The van der Waals surface area contributed by atoms with Crippen molar-refractivity contribution in [3.05, 3.63) is 28.0 Å². The van der Waals surface area contributed by atoms with E-state index in [1.165, 1.54) is 5.56 Å². The third kappa shape index (κ3) is 4.00. The number of hydrogen-bond acceptors (Lipinski definition) is 2. The van der Waals surface area contributed by atoms with Crippen LogP contribution in [0.4, 0.5) is 0 Å². The fourth-order valence-corrected chi connectivity index (χ4v) is 1.84. The summed E-state index contributed by atoms with van der Waals surface area (Å²) in [6.07, 6.45) is 1.21. The van der Waals surface area contributed by atoms with Crippen molar-refractivity contribution in [3.8, 4) is 0 Å². The van der Waals surface area contributed by atoms with Gasteiger partial charge in [-0.05, 0) is 25.8 Å². The highest BCUT2D eigenvalue weighted by atomic mass is 79.9. The van der Waals surface area contributed by atoms with Crippen molar-refractivity contribution in [1.29, 1.82) is 0 Å². The number of nitrogens with one attached hydrogen (secondary N) is 1. The lowest BCUT2D eigenvalue weighted by atomic mass is 10.1. The smallest absolute Gasteiger partial charge is 0.220 e. The molecule has 0 saturated heterocycles. The summed E-state index contributed by atoms with van der Waals surface area (Å²) in [6.45, 7) is 8.14. The van der Waals surface area contributed by atoms with Crippen LogP contribution < -0.4 is 5.32 Å². The predicted molar refractivity (Wildman–Crippen MR) is 72.1 cm³/mol. The molecule has 0 aliphatic carbocycles. The Morgan fingerprint density at radius 1 is 1.53 bits per heavy atom. The Kier molecular flexibility index (Phi) is 4.93. The summed E-state index contributed by atoms with van der Waals surface area (Å²) in [6, 6.07) is 0. The molecule has 4 nitrogen and oxygen atoms in total. The third-order valence-electron chi connectivity index (χ3n) is 2.74. The van der Waals surface area contributed by atoms with Crippen LogP contribution in [0.3, 0.4) is 0 Å². The van der Waals surface area contributed by atoms with Crippen LogP contribution in [0.15, 0.2) is 11.1 Å². The van der Waals surface area contributed by atoms with Gasteiger partial charge in [0.05, 0.1) is 5.69 Å². The van der Waals surface area contributed by atoms with E-state index in [2.05, 4.69) is 32.9 Å². The molecule has 0 aliphatic rings. The number of nitrogens with zero attached hydrogens (tertiary/aromatic N) is 2. The van der Waals surface area contributed by atoms with Gasteiger partial charge < -0.3 is 5.32 Å². The second kappa shape index (κ2) is 6.00. The van der Waals surface area contributed by atoms with Gasteiger partial charge >= 0.3 is 0 Å². The lowest BCUT2D eigenvalue weighted by Crippen LogP contribution is -2.24. The molecule has 0 bridgehead atoms. The molecule has 1 amide bonds. The lowest BCUT2D eigenvalue weighted by molar-refractivity contribution is -0.120. The zero-order valence-corrected chi connectivity index (χ0v) is 12.1. The fraction of sp³-hybridized carbons (Fsp3) is 0.500. The van der Waals surface area contributed by atoms with Gasteiger partial charge in [0.15, 0.2) is 0 Å². The number of aryl methyl sites for hydroxylation is 2. The summed E-state index contributed by atoms with van der Waals surface area (Å²) in [5.41, 5.74) is 3.29. The van der Waals surface area contributed by atoms with Gasteiger partial charge in [-0.1, -0.05) is 22.5 Å². The maximum absolute atomic E-state index is 11.5. The van der Waals surface area contributed by atoms with E-state index >= 15 is 0 Å². The summed E-state index contributed by atoms with van der Waals surface area (Å²) in [5, 5.41) is 7.11. The van der Waals surface area contributed by atoms with E-state index in [-0.39, 0.29) is 5.91 Å². The van der Waals surface area contributed by atoms with Gasteiger partial charge in [0.1, 0.15) is 0 Å². The highest BCUT2D eigenvalue weighted by molar-refractivity contribution is 9.11. The van der Waals surface area contributed by atoms with E-state index in [0.29, 0.717) is 13.0 Å². The maximum atomic E-state index is 11.5. The number of hydrogen-bond donors (Lipinski definition) is 1. The van der Waals surface area contributed by atoms with Crippen LogP contribution in [0, 0.1) is 13.8 Å². The molecule has 0 atom stereocenters. The number of carbonyl (C=O) groups is 1. The maximum Gasteiger partial charge on any atom is 0.220 e. The second-order valence-corrected chi connectivity index (χ2v) is 5.19. The molecular formula is C12H18BrN3O. The first-order chi connectivity index (χ1) is 7.91. The Balaban J connectivity index is 2.50. The van der Waals surface area contributed by atoms with Gasteiger partial charge in [-0.3, -0.25) is 9.48 Å². The minimum atomic E-state index is 0.0354. The van der Waals surface area contributed by atoms with Crippen LogP contribution in [0.1, 0.15) is 23.4 Å². The van der Waals surface area contributed by atoms with E-state index in [9.17, 15) is 4.79 Å². The molecule has 0 saturated carbocycles. The summed E-state index contributed by atoms with van der Waals surface area (Å²) >= 11 is 3.20. The van der Waals surface area contributed by atoms with Crippen molar-refractivity contribution >= 4 is 21.8 Å². The molecule has 0 aliphatic heterocycles. The van der Waals surface area contributed by atoms with E-state index < -0.39 is 0 Å². The summed E-state index contributed by atoms with van der Waals surface area (Å²) < 4.78 is 2.63. The Morgan fingerprint density at radius 3 is 2.65 bits per heavy atom. The predicted octanol–water partition coefficient (Wildman–Crippen LogP) is 1.99. The van der Waals surface area contributed by atoms with Gasteiger partial charge in [-0.2, -0.15) is 5.10 Å². The number of rotatable bonds is 5. The molecule has 94 valence electrons. The van der Waals surface area contributed by atoms with Gasteiger partial charge in [0.2, 0.25) is 5.91 Å². The number of carbonyl (C=O) groups excluding carboxylic acids is 1. The van der Waals surface area contributed by atoms with Gasteiger partial charge in [-0.15, -0.1) is 0 Å². The molecule has 1 heterocycles. The van der Waals surface area contributed by atoms with Crippen LogP contribution in [0.5, 0.6) is 0 Å². The van der Waals surface area contributed by atoms with Crippen molar-refractivity contribution in [1.82, 2.24) is 15.1 Å². The van der Waals surface area contributed by atoms with Crippen molar-refractivity contribution < 1.29 is 4.79 Å². The quantitative estimate of drug-likeness (QED) is 0.904. The van der Waals surface area contributed by atoms with Crippen molar-refractivity contribution in [2.75, 3.05) is 6.54 Å². The molecule has 1 aromatic rings. The van der Waals surface area contributed by atoms with E-state index in [1.807, 2.05) is 25.6 Å². The average Bonchev–Trinajstić information content (AvgIpc) is 2.48. The largest absolute Gasteiger partial charge is 0.352 e. The number of amides is 1. The van der Waals surface area contributed by atoms with Crippen LogP contribution in [0.25, 0.3) is 0 Å². The summed E-state index contributed by atoms with van der Waals surface area (Å²) in [7, 11) is 1.92. The summed E-state index contributed by atoms with van der Waals surface area (Å²) in [5.74, 6) is 0.0354. The van der Waals surface area contributed by atoms with Crippen LogP contribution in [0.2, 0.25) is 0 Å². The topological polar surface area (TPSA) is 46.9 Å². The van der Waals surface area contributed by atoms with E-state index in [0.717, 1.165) is 22.3 Å². The molecule has 0 radical (unpaired) electrons.